The van der Waals surface area contributed by atoms with Crippen LogP contribution in [0.3, 0.4) is 0 Å². The molecule has 0 atom stereocenters. The summed E-state index contributed by atoms with van der Waals surface area (Å²) in [5.41, 5.74) is 3.72. The summed E-state index contributed by atoms with van der Waals surface area (Å²) in [5.74, 6) is -0.780. The number of hydrogen-bond donors (Lipinski definition) is 1. The van der Waals surface area contributed by atoms with Gasteiger partial charge in [-0.15, -0.1) is 0 Å². The van der Waals surface area contributed by atoms with Crippen molar-refractivity contribution in [2.24, 2.45) is 7.05 Å². The summed E-state index contributed by atoms with van der Waals surface area (Å²) in [5, 5.41) is 4.15. The molecule has 0 unspecified atom stereocenters. The molecule has 0 spiro atoms. The summed E-state index contributed by atoms with van der Waals surface area (Å²) < 4.78 is 3.85. The third-order valence-electron chi connectivity index (χ3n) is 5.18. The summed E-state index contributed by atoms with van der Waals surface area (Å²) in [6.07, 6.45) is 7.18. The van der Waals surface area contributed by atoms with Crippen LogP contribution >= 0.6 is 0 Å². The van der Waals surface area contributed by atoms with Crippen LogP contribution in [-0.2, 0) is 23.2 Å². The lowest BCUT2D eigenvalue weighted by Gasteiger charge is -2.02. The second-order valence-corrected chi connectivity index (χ2v) is 6.76. The molecule has 0 radical (unpaired) electrons. The van der Waals surface area contributed by atoms with Crippen molar-refractivity contribution in [1.29, 1.82) is 0 Å². The topological polar surface area (TPSA) is 81.8 Å². The number of amides is 2. The fourth-order valence-electron chi connectivity index (χ4n) is 3.94. The number of nitrogens with one attached hydrogen (secondary N) is 1. The Kier molecular flexibility index (Phi) is 3.45. The molecule has 2 amide bonds. The van der Waals surface area contributed by atoms with E-state index in [2.05, 4.69) is 15.3 Å². The molecule has 1 aliphatic rings. The zero-order chi connectivity index (χ0) is 19.4. The summed E-state index contributed by atoms with van der Waals surface area (Å²) in [6, 6.07) is 7.50. The van der Waals surface area contributed by atoms with Crippen LogP contribution in [0.1, 0.15) is 18.1 Å². The van der Waals surface area contributed by atoms with Crippen LogP contribution in [-0.4, -0.2) is 30.9 Å². The van der Waals surface area contributed by atoms with Crippen molar-refractivity contribution < 1.29 is 9.59 Å². The monoisotopic (exact) mass is 371 g/mol. The van der Waals surface area contributed by atoms with Crippen molar-refractivity contribution in [3.05, 3.63) is 60.2 Å². The lowest BCUT2D eigenvalue weighted by Crippen LogP contribution is -2.22. The molecular weight excluding hydrogens is 354 g/mol. The number of aromatic nitrogens is 4. The van der Waals surface area contributed by atoms with Crippen LogP contribution in [0.15, 0.2) is 49.1 Å². The number of pyridine rings is 2. The van der Waals surface area contributed by atoms with Crippen molar-refractivity contribution >= 4 is 45.0 Å². The van der Waals surface area contributed by atoms with E-state index in [-0.39, 0.29) is 5.91 Å². The van der Waals surface area contributed by atoms with Gasteiger partial charge in [-0.3, -0.25) is 14.9 Å². The van der Waals surface area contributed by atoms with Gasteiger partial charge in [-0.25, -0.2) is 9.97 Å². The van der Waals surface area contributed by atoms with Crippen molar-refractivity contribution in [2.45, 2.75) is 13.5 Å². The average Bonchev–Trinajstić information content (AvgIpc) is 3.33. The summed E-state index contributed by atoms with van der Waals surface area (Å²) in [4.78, 5) is 34.4. The van der Waals surface area contributed by atoms with E-state index in [9.17, 15) is 9.59 Å². The third-order valence-corrected chi connectivity index (χ3v) is 5.18. The minimum Gasteiger partial charge on any atom is -0.335 e. The Balaban J connectivity index is 1.87. The smallest absolute Gasteiger partial charge is 0.259 e. The second kappa shape index (κ2) is 5.88. The standard InChI is InChI=1S/C21H17N5O2/c1-3-26-11-15(13-7-5-9-23-19(13)26)17-16(20(27)24-21(17)28)14-10-25(2)18-12(14)6-4-8-22-18/h4-11H,3H2,1-2H3,(H,24,27,28). The average molecular weight is 371 g/mol. The predicted molar refractivity (Wildman–Crippen MR) is 106 cm³/mol. The molecule has 7 heteroatoms. The quantitative estimate of drug-likeness (QED) is 0.561. The summed E-state index contributed by atoms with van der Waals surface area (Å²) in [7, 11) is 1.88. The van der Waals surface area contributed by atoms with Crippen LogP contribution in [0.4, 0.5) is 0 Å². The highest BCUT2D eigenvalue weighted by Gasteiger charge is 2.35. The van der Waals surface area contributed by atoms with Gasteiger partial charge in [-0.1, -0.05) is 0 Å². The fraction of sp³-hybridized carbons (Fsp3) is 0.143. The van der Waals surface area contributed by atoms with E-state index in [0.29, 0.717) is 28.8 Å². The van der Waals surface area contributed by atoms with Crippen LogP contribution in [0, 0.1) is 0 Å². The normalized spacial score (nSPS) is 14.5. The molecule has 138 valence electrons. The van der Waals surface area contributed by atoms with E-state index < -0.39 is 5.91 Å². The van der Waals surface area contributed by atoms with Crippen molar-refractivity contribution in [2.75, 3.05) is 0 Å². The number of imide groups is 1. The Hall–Kier alpha value is -3.74. The molecular formula is C21H17N5O2. The maximum absolute atomic E-state index is 12.8. The van der Waals surface area contributed by atoms with Gasteiger partial charge in [0.25, 0.3) is 11.8 Å². The highest BCUT2D eigenvalue weighted by molar-refractivity contribution is 6.50. The molecule has 0 aliphatic carbocycles. The highest BCUT2D eigenvalue weighted by atomic mass is 16.2. The van der Waals surface area contributed by atoms with E-state index in [1.165, 1.54) is 0 Å². The van der Waals surface area contributed by atoms with E-state index in [4.69, 9.17) is 0 Å². The van der Waals surface area contributed by atoms with Crippen LogP contribution in [0.25, 0.3) is 33.2 Å². The van der Waals surface area contributed by atoms with Gasteiger partial charge in [0, 0.05) is 60.3 Å². The van der Waals surface area contributed by atoms with Gasteiger partial charge in [0.2, 0.25) is 0 Å². The predicted octanol–water partition coefficient (Wildman–Crippen LogP) is 2.51. The maximum Gasteiger partial charge on any atom is 0.259 e. The van der Waals surface area contributed by atoms with Gasteiger partial charge < -0.3 is 9.13 Å². The molecule has 0 bridgehead atoms. The molecule has 5 heterocycles. The number of carbonyl (C=O) groups is 2. The lowest BCUT2D eigenvalue weighted by molar-refractivity contribution is -0.122. The molecule has 0 fully saturated rings. The molecule has 4 aromatic rings. The van der Waals surface area contributed by atoms with Gasteiger partial charge in [0.05, 0.1) is 11.1 Å². The lowest BCUT2D eigenvalue weighted by atomic mass is 9.96. The van der Waals surface area contributed by atoms with E-state index in [1.807, 2.05) is 59.8 Å². The van der Waals surface area contributed by atoms with Gasteiger partial charge in [-0.2, -0.15) is 0 Å². The molecule has 28 heavy (non-hydrogen) atoms. The molecule has 4 aromatic heterocycles. The molecule has 0 saturated heterocycles. The SMILES string of the molecule is CCn1cc(C2=C(c3cn(C)c4ncccc34)C(=O)NC2=O)c2cccnc21. The van der Waals surface area contributed by atoms with Crippen molar-refractivity contribution in [3.8, 4) is 0 Å². The number of fused-ring (bicyclic) bond motifs is 2. The maximum atomic E-state index is 12.8. The summed E-state index contributed by atoms with van der Waals surface area (Å²) in [6.45, 7) is 2.73. The first-order valence-corrected chi connectivity index (χ1v) is 9.04. The highest BCUT2D eigenvalue weighted by Crippen LogP contribution is 2.38. The fourth-order valence-corrected chi connectivity index (χ4v) is 3.94. The minimum atomic E-state index is -0.391. The zero-order valence-electron chi connectivity index (χ0n) is 15.4. The Bertz CT molecular complexity index is 1330. The van der Waals surface area contributed by atoms with Crippen LogP contribution < -0.4 is 5.32 Å². The van der Waals surface area contributed by atoms with Gasteiger partial charge in [0.1, 0.15) is 11.3 Å². The van der Waals surface area contributed by atoms with Gasteiger partial charge >= 0.3 is 0 Å². The first-order chi connectivity index (χ1) is 13.6. The summed E-state index contributed by atoms with van der Waals surface area (Å²) >= 11 is 0. The third kappa shape index (κ3) is 2.16. The Morgan fingerprint density at radius 3 is 2.11 bits per heavy atom. The Morgan fingerprint density at radius 1 is 0.893 bits per heavy atom. The molecule has 0 aromatic carbocycles. The minimum absolute atomic E-state index is 0.377. The largest absolute Gasteiger partial charge is 0.335 e. The van der Waals surface area contributed by atoms with E-state index in [1.54, 1.807) is 12.4 Å². The van der Waals surface area contributed by atoms with Crippen molar-refractivity contribution in [1.82, 2.24) is 24.4 Å². The number of hydrogen-bond acceptors (Lipinski definition) is 4. The van der Waals surface area contributed by atoms with E-state index in [0.717, 1.165) is 22.1 Å². The molecule has 0 saturated carbocycles. The second-order valence-electron chi connectivity index (χ2n) is 6.76. The molecule has 5 rings (SSSR count). The first-order valence-electron chi connectivity index (χ1n) is 9.04. The Labute approximate surface area is 160 Å². The van der Waals surface area contributed by atoms with Crippen LogP contribution in [0.5, 0.6) is 0 Å². The van der Waals surface area contributed by atoms with Crippen LogP contribution in [0.2, 0.25) is 0 Å². The van der Waals surface area contributed by atoms with Crippen molar-refractivity contribution in [3.63, 3.8) is 0 Å². The number of aryl methyl sites for hydroxylation is 2. The zero-order valence-corrected chi connectivity index (χ0v) is 15.4. The van der Waals surface area contributed by atoms with Gasteiger partial charge in [-0.05, 0) is 31.2 Å². The van der Waals surface area contributed by atoms with Gasteiger partial charge in [0.15, 0.2) is 0 Å². The number of carbonyl (C=O) groups excluding carboxylic acids is 2. The first kappa shape index (κ1) is 16.4. The molecule has 1 N–H and O–H groups in total. The number of rotatable bonds is 3. The molecule has 1 aliphatic heterocycles. The number of nitrogens with zero attached hydrogens (tertiary/aromatic N) is 4. The Morgan fingerprint density at radius 2 is 1.46 bits per heavy atom. The molecule has 7 nitrogen and oxygen atoms in total. The van der Waals surface area contributed by atoms with E-state index >= 15 is 0 Å².